The van der Waals surface area contributed by atoms with E-state index in [1.54, 1.807) is 6.92 Å². The van der Waals surface area contributed by atoms with E-state index in [0.29, 0.717) is 6.54 Å². The van der Waals surface area contributed by atoms with E-state index in [1.807, 2.05) is 0 Å². The number of carbonyl (C=O) groups excluding carboxylic acids is 5. The van der Waals surface area contributed by atoms with Crippen molar-refractivity contribution in [3.8, 4) is 5.75 Å². The highest BCUT2D eigenvalue weighted by atomic mass is 19.4. The molecule has 0 aromatic heterocycles. The van der Waals surface area contributed by atoms with E-state index in [2.05, 4.69) is 5.32 Å². The standard InChI is InChI=1S/C25H28F3N3O7/c1-4-30-8-10-7-13(32)15-11(17(10)25(26,27)28)5-9-6-12-18(31(2)3)20(34)16(23(29)37)22(36)24(12,38)21(35)14(9)19(15)33/h7,9,12,14,16,18,30,32,38H,4-6,8H2,1-3H3,(H2,29,37)/t9-,12-,14?,16?,18-,24-/m0/s1. The predicted molar refractivity (Wildman–Crippen MR) is 124 cm³/mol. The maximum absolute atomic E-state index is 14.3. The minimum Gasteiger partial charge on any atom is -0.507 e. The molecule has 2 fully saturated rings. The predicted octanol–water partition coefficient (Wildman–Crippen LogP) is -0.00470. The molecule has 2 saturated carbocycles. The Morgan fingerprint density at radius 2 is 1.84 bits per heavy atom. The third-order valence-electron chi connectivity index (χ3n) is 7.99. The normalized spacial score (nSPS) is 31.2. The quantitative estimate of drug-likeness (QED) is 0.377. The molecule has 13 heteroatoms. The van der Waals surface area contributed by atoms with Gasteiger partial charge in [-0.25, -0.2) is 0 Å². The van der Waals surface area contributed by atoms with E-state index < -0.39 is 99.4 Å². The summed E-state index contributed by atoms with van der Waals surface area (Å²) in [6.07, 6.45) is -5.69. The number of ketones is 4. The van der Waals surface area contributed by atoms with Crippen molar-refractivity contribution in [3.63, 3.8) is 0 Å². The van der Waals surface area contributed by atoms with Gasteiger partial charge in [0.25, 0.3) is 0 Å². The molecule has 38 heavy (non-hydrogen) atoms. The number of alkyl halides is 3. The fraction of sp³-hybridized carbons (Fsp3) is 0.560. The second kappa shape index (κ2) is 9.24. The van der Waals surface area contributed by atoms with Crippen LogP contribution in [0.15, 0.2) is 6.07 Å². The Labute approximate surface area is 215 Å². The molecule has 3 aliphatic carbocycles. The van der Waals surface area contributed by atoms with Crippen LogP contribution in [0.25, 0.3) is 0 Å². The number of nitrogens with one attached hydrogen (secondary N) is 1. The largest absolute Gasteiger partial charge is 0.507 e. The smallest absolute Gasteiger partial charge is 0.417 e. The number of likely N-dealkylation sites (N-methyl/N-ethyl adjacent to an activating group) is 1. The third kappa shape index (κ3) is 3.86. The Bertz CT molecular complexity index is 1260. The van der Waals surface area contributed by atoms with Crippen LogP contribution in [0.4, 0.5) is 13.2 Å². The molecule has 0 heterocycles. The van der Waals surface area contributed by atoms with Crippen LogP contribution in [0, 0.1) is 23.7 Å². The molecule has 4 rings (SSSR count). The van der Waals surface area contributed by atoms with Crippen molar-refractivity contribution < 1.29 is 47.4 Å². The average molecular weight is 540 g/mol. The van der Waals surface area contributed by atoms with Gasteiger partial charge >= 0.3 is 6.18 Å². The zero-order chi connectivity index (χ0) is 28.5. The second-order valence-electron chi connectivity index (χ2n) is 10.4. The molecule has 5 N–H and O–H groups in total. The number of hydrogen-bond donors (Lipinski definition) is 4. The highest BCUT2D eigenvalue weighted by Crippen LogP contribution is 2.52. The number of carbonyl (C=O) groups is 5. The Morgan fingerprint density at radius 3 is 2.37 bits per heavy atom. The monoisotopic (exact) mass is 539 g/mol. The maximum atomic E-state index is 14.3. The Morgan fingerprint density at radius 1 is 1.21 bits per heavy atom. The first-order chi connectivity index (χ1) is 17.6. The van der Waals surface area contributed by atoms with E-state index in [9.17, 15) is 47.4 Å². The number of hydrogen-bond acceptors (Lipinski definition) is 9. The molecule has 0 radical (unpaired) electrons. The lowest BCUT2D eigenvalue weighted by atomic mass is 9.52. The van der Waals surface area contributed by atoms with E-state index in [4.69, 9.17) is 5.73 Å². The number of phenolic OH excluding ortho intramolecular Hbond substituents is 1. The Balaban J connectivity index is 1.91. The number of aliphatic hydroxyl groups is 1. The van der Waals surface area contributed by atoms with Crippen LogP contribution < -0.4 is 11.1 Å². The molecule has 1 amide bonds. The summed E-state index contributed by atoms with van der Waals surface area (Å²) >= 11 is 0. The van der Waals surface area contributed by atoms with Crippen molar-refractivity contribution in [3.05, 3.63) is 28.3 Å². The number of nitrogens with zero attached hydrogens (tertiary/aromatic N) is 1. The van der Waals surface area contributed by atoms with E-state index in [1.165, 1.54) is 19.0 Å². The summed E-state index contributed by atoms with van der Waals surface area (Å²) in [6, 6.07) is -0.518. The van der Waals surface area contributed by atoms with Gasteiger partial charge in [-0.2, -0.15) is 13.2 Å². The summed E-state index contributed by atoms with van der Waals surface area (Å²) in [5.74, 6) is -13.4. The molecule has 0 bridgehead atoms. The summed E-state index contributed by atoms with van der Waals surface area (Å²) in [5.41, 5.74) is -0.227. The number of nitrogens with two attached hydrogens (primary N) is 1. The molecule has 10 nitrogen and oxygen atoms in total. The van der Waals surface area contributed by atoms with Crippen LogP contribution >= 0.6 is 0 Å². The van der Waals surface area contributed by atoms with Gasteiger partial charge in [0.2, 0.25) is 5.91 Å². The zero-order valence-electron chi connectivity index (χ0n) is 20.9. The van der Waals surface area contributed by atoms with Crippen LogP contribution in [0.2, 0.25) is 0 Å². The maximum Gasteiger partial charge on any atom is 0.417 e. The first-order valence-corrected chi connectivity index (χ1v) is 12.1. The first-order valence-electron chi connectivity index (χ1n) is 12.1. The molecule has 6 atom stereocenters. The van der Waals surface area contributed by atoms with E-state index in [0.717, 1.165) is 6.07 Å². The summed E-state index contributed by atoms with van der Waals surface area (Å²) in [6.45, 7) is 1.79. The van der Waals surface area contributed by atoms with Gasteiger partial charge in [-0.3, -0.25) is 28.9 Å². The summed E-state index contributed by atoms with van der Waals surface area (Å²) in [5, 5.41) is 24.9. The molecule has 0 saturated heterocycles. The van der Waals surface area contributed by atoms with Crippen LogP contribution in [0.3, 0.4) is 0 Å². The van der Waals surface area contributed by atoms with Crippen LogP contribution in [-0.4, -0.2) is 76.4 Å². The molecular formula is C25H28F3N3O7. The molecule has 0 aliphatic heterocycles. The SMILES string of the molecule is CCNCc1cc(O)c2c(c1C(F)(F)F)C[C@H]1C[C@H]3[C@H](N(C)C)C(=O)C(C(N)=O)C(=O)[C@@]3(O)C(=O)C1C2=O. The number of fused-ring (bicyclic) bond motifs is 3. The van der Waals surface area contributed by atoms with Crippen LogP contribution in [-0.2, 0) is 38.3 Å². The number of Topliss-reactive ketones (excluding diaryl/α,β-unsaturated/α-hetero) is 4. The van der Waals surface area contributed by atoms with Crippen molar-refractivity contribution in [2.45, 2.75) is 44.1 Å². The zero-order valence-corrected chi connectivity index (χ0v) is 20.9. The summed E-state index contributed by atoms with van der Waals surface area (Å²) in [7, 11) is 2.84. The van der Waals surface area contributed by atoms with Gasteiger partial charge in [0.15, 0.2) is 34.7 Å². The fourth-order valence-electron chi connectivity index (χ4n) is 6.50. The van der Waals surface area contributed by atoms with Crippen LogP contribution in [0.1, 0.15) is 40.4 Å². The van der Waals surface area contributed by atoms with Gasteiger partial charge < -0.3 is 21.3 Å². The molecule has 206 valence electrons. The topological polar surface area (TPSA) is 167 Å². The molecule has 1 aromatic carbocycles. The molecule has 2 unspecified atom stereocenters. The Hall–Kier alpha value is -3.16. The van der Waals surface area contributed by atoms with Crippen molar-refractivity contribution >= 4 is 29.0 Å². The minimum atomic E-state index is -4.90. The number of rotatable bonds is 5. The highest BCUT2D eigenvalue weighted by molar-refractivity contribution is 6.32. The Kier molecular flexibility index (Phi) is 6.78. The lowest BCUT2D eigenvalue weighted by molar-refractivity contribution is -0.181. The van der Waals surface area contributed by atoms with Crippen molar-refractivity contribution in [1.82, 2.24) is 10.2 Å². The van der Waals surface area contributed by atoms with Gasteiger partial charge in [-0.1, -0.05) is 6.92 Å². The van der Waals surface area contributed by atoms with Gasteiger partial charge in [0, 0.05) is 12.5 Å². The number of phenols is 1. The lowest BCUT2D eigenvalue weighted by Gasteiger charge is -2.52. The van der Waals surface area contributed by atoms with Crippen LogP contribution in [0.5, 0.6) is 5.75 Å². The average Bonchev–Trinajstić information content (AvgIpc) is 2.78. The summed E-state index contributed by atoms with van der Waals surface area (Å²) < 4.78 is 42.8. The van der Waals surface area contributed by atoms with Gasteiger partial charge in [-0.15, -0.1) is 0 Å². The number of halogens is 3. The molecule has 3 aliphatic rings. The molecule has 1 aromatic rings. The third-order valence-corrected chi connectivity index (χ3v) is 7.99. The fourth-order valence-corrected chi connectivity index (χ4v) is 6.50. The molecular weight excluding hydrogens is 511 g/mol. The first kappa shape index (κ1) is 27.9. The second-order valence-corrected chi connectivity index (χ2v) is 10.4. The van der Waals surface area contributed by atoms with Gasteiger partial charge in [0.05, 0.1) is 23.1 Å². The van der Waals surface area contributed by atoms with E-state index >= 15 is 0 Å². The van der Waals surface area contributed by atoms with Crippen molar-refractivity contribution in [2.24, 2.45) is 29.4 Å². The number of amides is 1. The van der Waals surface area contributed by atoms with Gasteiger partial charge in [-0.05, 0) is 56.6 Å². The lowest BCUT2D eigenvalue weighted by Crippen LogP contribution is -2.74. The number of benzene rings is 1. The van der Waals surface area contributed by atoms with E-state index in [-0.39, 0.29) is 18.5 Å². The highest BCUT2D eigenvalue weighted by Gasteiger charge is 2.69. The minimum absolute atomic E-state index is 0.240. The number of aromatic hydroxyl groups is 1. The summed E-state index contributed by atoms with van der Waals surface area (Å²) in [4.78, 5) is 66.8. The van der Waals surface area contributed by atoms with Crippen molar-refractivity contribution in [2.75, 3.05) is 20.6 Å². The number of primary amides is 1. The van der Waals surface area contributed by atoms with Crippen molar-refractivity contribution in [1.29, 1.82) is 0 Å². The van der Waals surface area contributed by atoms with Gasteiger partial charge in [0.1, 0.15) is 5.75 Å². The molecule has 0 spiro atoms.